The van der Waals surface area contributed by atoms with E-state index < -0.39 is 10.0 Å². The smallest absolute Gasteiger partial charge is 0.237 e. The van der Waals surface area contributed by atoms with Crippen molar-refractivity contribution in [3.63, 3.8) is 0 Å². The number of likely N-dealkylation sites (tertiary alicyclic amines) is 1. The van der Waals surface area contributed by atoms with Gasteiger partial charge in [0.2, 0.25) is 15.9 Å². The lowest BCUT2D eigenvalue weighted by atomic mass is 9.54. The highest BCUT2D eigenvalue weighted by atomic mass is 32.2. The number of nitrogens with one attached hydrogen (secondary N) is 2. The molecule has 0 aromatic rings. The minimum Gasteiger partial charge on any atom is -0.351 e. The maximum Gasteiger partial charge on any atom is 0.237 e. The summed E-state index contributed by atoms with van der Waals surface area (Å²) >= 11 is 0. The van der Waals surface area contributed by atoms with Gasteiger partial charge >= 0.3 is 0 Å². The van der Waals surface area contributed by atoms with Gasteiger partial charge in [-0.2, -0.15) is 0 Å². The van der Waals surface area contributed by atoms with Crippen molar-refractivity contribution in [1.29, 1.82) is 0 Å². The SMILES string of the molecule is CS(=O)(=O)NCCN1CCC[C@@H]1C(=O)NC1C2CC3CC(C2)CC1C3. The van der Waals surface area contributed by atoms with E-state index in [-0.39, 0.29) is 11.9 Å². The van der Waals surface area contributed by atoms with Gasteiger partial charge in [0.25, 0.3) is 0 Å². The number of carbonyl (C=O) groups is 1. The molecule has 1 aliphatic heterocycles. The Morgan fingerprint density at radius 1 is 1.08 bits per heavy atom. The molecule has 5 aliphatic rings. The molecule has 4 aliphatic carbocycles. The summed E-state index contributed by atoms with van der Waals surface area (Å²) in [5, 5.41) is 3.42. The summed E-state index contributed by atoms with van der Waals surface area (Å²) in [6.07, 6.45) is 9.74. The molecule has 0 spiro atoms. The molecule has 1 atom stereocenters. The number of amides is 1. The quantitative estimate of drug-likeness (QED) is 0.730. The third-order valence-electron chi connectivity index (χ3n) is 6.97. The van der Waals surface area contributed by atoms with Crippen molar-refractivity contribution < 1.29 is 13.2 Å². The van der Waals surface area contributed by atoms with Crippen LogP contribution in [0.25, 0.3) is 0 Å². The second kappa shape index (κ2) is 6.82. The minimum absolute atomic E-state index is 0.0847. The van der Waals surface area contributed by atoms with Crippen LogP contribution in [-0.2, 0) is 14.8 Å². The van der Waals surface area contributed by atoms with Crippen molar-refractivity contribution in [3.05, 3.63) is 0 Å². The van der Waals surface area contributed by atoms with Crippen molar-refractivity contribution >= 4 is 15.9 Å². The first-order valence-electron chi connectivity index (χ1n) is 9.88. The van der Waals surface area contributed by atoms with Gasteiger partial charge in [-0.05, 0) is 75.2 Å². The first-order chi connectivity index (χ1) is 11.9. The molecule has 0 aromatic heterocycles. The second-order valence-corrected chi connectivity index (χ2v) is 10.7. The molecule has 1 saturated heterocycles. The van der Waals surface area contributed by atoms with Crippen molar-refractivity contribution in [2.24, 2.45) is 23.7 Å². The molecule has 25 heavy (non-hydrogen) atoms. The van der Waals surface area contributed by atoms with E-state index in [4.69, 9.17) is 0 Å². The van der Waals surface area contributed by atoms with Crippen molar-refractivity contribution in [2.45, 2.75) is 57.0 Å². The van der Waals surface area contributed by atoms with Crippen LogP contribution in [0.3, 0.4) is 0 Å². The molecule has 6 nitrogen and oxygen atoms in total. The van der Waals surface area contributed by atoms with Gasteiger partial charge in [0.1, 0.15) is 0 Å². The summed E-state index contributed by atoms with van der Waals surface area (Å²) in [6, 6.07) is 0.301. The van der Waals surface area contributed by atoms with Crippen LogP contribution in [0.5, 0.6) is 0 Å². The van der Waals surface area contributed by atoms with E-state index >= 15 is 0 Å². The molecular weight excluding hydrogens is 338 g/mol. The molecule has 0 aromatic carbocycles. The topological polar surface area (TPSA) is 78.5 Å². The lowest BCUT2D eigenvalue weighted by molar-refractivity contribution is -0.129. The largest absolute Gasteiger partial charge is 0.351 e. The van der Waals surface area contributed by atoms with Gasteiger partial charge in [0.05, 0.1) is 12.3 Å². The van der Waals surface area contributed by atoms with Crippen molar-refractivity contribution in [2.75, 3.05) is 25.9 Å². The van der Waals surface area contributed by atoms with Gasteiger partial charge in [-0.3, -0.25) is 9.69 Å². The van der Waals surface area contributed by atoms with Crippen LogP contribution in [0.1, 0.15) is 44.9 Å². The van der Waals surface area contributed by atoms with E-state index in [0.29, 0.717) is 31.0 Å². The van der Waals surface area contributed by atoms with Gasteiger partial charge in [-0.25, -0.2) is 13.1 Å². The predicted octanol–water partition coefficient (Wildman–Crippen LogP) is 0.941. The number of sulfonamides is 1. The molecule has 0 radical (unpaired) electrons. The molecule has 1 heterocycles. The number of hydrogen-bond donors (Lipinski definition) is 2. The second-order valence-electron chi connectivity index (χ2n) is 8.83. The molecule has 0 unspecified atom stereocenters. The fourth-order valence-electron chi connectivity index (χ4n) is 6.19. The Labute approximate surface area is 151 Å². The fourth-order valence-corrected chi connectivity index (χ4v) is 6.65. The minimum atomic E-state index is -3.16. The van der Waals surface area contributed by atoms with E-state index in [1.54, 1.807) is 0 Å². The molecule has 7 heteroatoms. The molecule has 5 fully saturated rings. The molecule has 1 amide bonds. The number of nitrogens with zero attached hydrogens (tertiary/aromatic N) is 1. The Morgan fingerprint density at radius 2 is 1.72 bits per heavy atom. The Balaban J connectivity index is 1.32. The summed E-state index contributed by atoms with van der Waals surface area (Å²) in [6.45, 7) is 1.86. The number of carbonyl (C=O) groups excluding carboxylic acids is 1. The Hall–Kier alpha value is -0.660. The fraction of sp³-hybridized carbons (Fsp3) is 0.944. The first-order valence-corrected chi connectivity index (χ1v) is 11.8. The summed E-state index contributed by atoms with van der Waals surface area (Å²) in [5.74, 6) is 3.40. The van der Waals surface area contributed by atoms with Crippen molar-refractivity contribution in [3.8, 4) is 0 Å². The summed E-state index contributed by atoms with van der Waals surface area (Å²) in [5.41, 5.74) is 0. The van der Waals surface area contributed by atoms with Crippen LogP contribution >= 0.6 is 0 Å². The number of hydrogen-bond acceptors (Lipinski definition) is 4. The average Bonchev–Trinajstić information content (AvgIpc) is 2.97. The standard InChI is InChI=1S/C18H31N3O3S/c1-25(23,24)19-4-6-21-5-2-3-16(21)18(22)20-17-14-8-12-7-13(10-14)11-15(17)9-12/h12-17,19H,2-11H2,1H3,(H,20,22)/t12?,13?,14?,15?,16-,17?/m1/s1. The highest BCUT2D eigenvalue weighted by molar-refractivity contribution is 7.88. The summed E-state index contributed by atoms with van der Waals surface area (Å²) in [7, 11) is -3.16. The van der Waals surface area contributed by atoms with Crippen LogP contribution in [0.4, 0.5) is 0 Å². The molecule has 4 bridgehead atoms. The molecule has 142 valence electrons. The first kappa shape index (κ1) is 17.7. The third kappa shape index (κ3) is 3.88. The van der Waals surface area contributed by atoms with Crippen molar-refractivity contribution in [1.82, 2.24) is 14.9 Å². The van der Waals surface area contributed by atoms with Gasteiger partial charge in [0.15, 0.2) is 0 Å². The monoisotopic (exact) mass is 369 g/mol. The van der Waals surface area contributed by atoms with E-state index in [1.807, 2.05) is 0 Å². The van der Waals surface area contributed by atoms with Gasteiger partial charge in [-0.15, -0.1) is 0 Å². The zero-order valence-corrected chi connectivity index (χ0v) is 15.9. The summed E-state index contributed by atoms with van der Waals surface area (Å²) in [4.78, 5) is 15.1. The molecular formula is C18H31N3O3S. The highest BCUT2D eigenvalue weighted by Crippen LogP contribution is 2.53. The van der Waals surface area contributed by atoms with E-state index in [1.165, 1.54) is 38.4 Å². The normalized spacial score (nSPS) is 40.5. The van der Waals surface area contributed by atoms with E-state index in [0.717, 1.165) is 31.2 Å². The van der Waals surface area contributed by atoms with Crippen LogP contribution < -0.4 is 10.0 Å². The molecule has 2 N–H and O–H groups in total. The number of rotatable bonds is 6. The lowest BCUT2D eigenvalue weighted by Gasteiger charge is -2.54. The Bertz CT molecular complexity index is 593. The van der Waals surface area contributed by atoms with Crippen LogP contribution in [0.15, 0.2) is 0 Å². The summed E-state index contributed by atoms with van der Waals surface area (Å²) < 4.78 is 25.0. The van der Waals surface area contributed by atoms with E-state index in [2.05, 4.69) is 14.9 Å². The molecule has 4 saturated carbocycles. The van der Waals surface area contributed by atoms with Crippen LogP contribution in [-0.4, -0.2) is 57.2 Å². The highest BCUT2D eigenvalue weighted by Gasteiger charge is 2.49. The molecule has 5 rings (SSSR count). The third-order valence-corrected chi connectivity index (χ3v) is 7.69. The van der Waals surface area contributed by atoms with Crippen LogP contribution in [0, 0.1) is 23.7 Å². The van der Waals surface area contributed by atoms with Gasteiger partial charge in [0, 0.05) is 19.1 Å². The van der Waals surface area contributed by atoms with Crippen LogP contribution in [0.2, 0.25) is 0 Å². The van der Waals surface area contributed by atoms with Gasteiger partial charge < -0.3 is 5.32 Å². The van der Waals surface area contributed by atoms with E-state index in [9.17, 15) is 13.2 Å². The maximum absolute atomic E-state index is 12.9. The zero-order chi connectivity index (χ0) is 17.6. The predicted molar refractivity (Wildman–Crippen MR) is 96.4 cm³/mol. The average molecular weight is 370 g/mol. The Kier molecular flexibility index (Phi) is 4.84. The lowest BCUT2D eigenvalue weighted by Crippen LogP contribution is -2.58. The zero-order valence-electron chi connectivity index (χ0n) is 15.1. The van der Waals surface area contributed by atoms with Gasteiger partial charge in [-0.1, -0.05) is 0 Å². The maximum atomic E-state index is 12.9. The Morgan fingerprint density at radius 3 is 2.32 bits per heavy atom.